The molecule has 0 aliphatic heterocycles. The van der Waals surface area contributed by atoms with Gasteiger partial charge in [-0.25, -0.2) is 0 Å². The highest BCUT2D eigenvalue weighted by Crippen LogP contribution is 2.28. The van der Waals surface area contributed by atoms with Crippen molar-refractivity contribution in [1.29, 1.82) is 0 Å². The van der Waals surface area contributed by atoms with Gasteiger partial charge in [0.05, 0.1) is 26.9 Å². The first-order valence-corrected chi connectivity index (χ1v) is 6.67. The summed E-state index contributed by atoms with van der Waals surface area (Å²) in [5.41, 5.74) is 1.00. The third kappa shape index (κ3) is 6.97. The van der Waals surface area contributed by atoms with Crippen LogP contribution in [-0.2, 0) is 25.4 Å². The van der Waals surface area contributed by atoms with E-state index in [2.05, 4.69) is 0 Å². The Hall–Kier alpha value is -1.79. The molecular weight excluding hydrogens is 276 g/mol. The maximum atomic E-state index is 10.7. The second-order valence-electron chi connectivity index (χ2n) is 4.24. The maximum absolute atomic E-state index is 10.7. The van der Waals surface area contributed by atoms with Crippen LogP contribution >= 0.6 is 0 Å². The molecule has 21 heavy (non-hydrogen) atoms. The molecule has 1 aromatic carbocycles. The minimum atomic E-state index is -0.282. The maximum Gasteiger partial charge on any atom is 0.302 e. The molecule has 0 fully saturated rings. The molecule has 0 bridgehead atoms. The third-order valence-corrected chi connectivity index (χ3v) is 2.65. The standard InChI is InChI=1S/C15H22O6/c1-12(16)20-7-6-13-4-5-14(15(10-13)18-3)21-11-19-9-8-17-2/h4-5,10H,6-9,11H2,1-3H3. The monoisotopic (exact) mass is 298 g/mol. The van der Waals surface area contributed by atoms with E-state index in [1.807, 2.05) is 18.2 Å². The summed E-state index contributed by atoms with van der Waals surface area (Å²) in [6, 6.07) is 5.56. The molecule has 1 rings (SSSR count). The first-order valence-electron chi connectivity index (χ1n) is 6.67. The molecule has 0 aromatic heterocycles. The molecule has 0 N–H and O–H groups in total. The van der Waals surface area contributed by atoms with Gasteiger partial charge in [-0.1, -0.05) is 6.07 Å². The van der Waals surface area contributed by atoms with E-state index in [1.165, 1.54) is 6.92 Å². The van der Waals surface area contributed by atoms with E-state index in [4.69, 9.17) is 23.7 Å². The van der Waals surface area contributed by atoms with Crippen molar-refractivity contribution in [2.24, 2.45) is 0 Å². The summed E-state index contributed by atoms with van der Waals surface area (Å²) in [5.74, 6) is 0.937. The quantitative estimate of drug-likeness (QED) is 0.373. The zero-order chi connectivity index (χ0) is 15.5. The molecule has 6 nitrogen and oxygen atoms in total. The molecular formula is C15H22O6. The van der Waals surface area contributed by atoms with Crippen LogP contribution in [0, 0.1) is 0 Å². The van der Waals surface area contributed by atoms with Crippen molar-refractivity contribution in [2.45, 2.75) is 13.3 Å². The van der Waals surface area contributed by atoms with E-state index in [1.54, 1.807) is 14.2 Å². The molecule has 0 spiro atoms. The van der Waals surface area contributed by atoms with E-state index in [9.17, 15) is 4.79 Å². The van der Waals surface area contributed by atoms with Gasteiger partial charge < -0.3 is 23.7 Å². The molecule has 118 valence electrons. The molecule has 0 amide bonds. The van der Waals surface area contributed by atoms with Gasteiger partial charge in [0, 0.05) is 20.5 Å². The van der Waals surface area contributed by atoms with Gasteiger partial charge in [0.2, 0.25) is 0 Å². The number of carbonyl (C=O) groups is 1. The number of ether oxygens (including phenoxy) is 5. The third-order valence-electron chi connectivity index (χ3n) is 2.65. The smallest absolute Gasteiger partial charge is 0.302 e. The number of benzene rings is 1. The fraction of sp³-hybridized carbons (Fsp3) is 0.533. The highest BCUT2D eigenvalue weighted by atomic mass is 16.7. The summed E-state index contributed by atoms with van der Waals surface area (Å²) in [6.45, 7) is 2.86. The average molecular weight is 298 g/mol. The van der Waals surface area contributed by atoms with Crippen LogP contribution in [0.3, 0.4) is 0 Å². The molecule has 0 saturated carbocycles. The fourth-order valence-corrected chi connectivity index (χ4v) is 1.61. The number of carbonyl (C=O) groups excluding carboxylic acids is 1. The summed E-state index contributed by atoms with van der Waals surface area (Å²) < 4.78 is 25.8. The second-order valence-corrected chi connectivity index (χ2v) is 4.24. The van der Waals surface area contributed by atoms with Gasteiger partial charge in [-0.3, -0.25) is 4.79 Å². The summed E-state index contributed by atoms with van der Waals surface area (Å²) in [4.78, 5) is 10.7. The van der Waals surface area contributed by atoms with Crippen LogP contribution in [0.4, 0.5) is 0 Å². The van der Waals surface area contributed by atoms with Gasteiger partial charge >= 0.3 is 5.97 Å². The van der Waals surface area contributed by atoms with Crippen LogP contribution in [0.5, 0.6) is 11.5 Å². The van der Waals surface area contributed by atoms with E-state index >= 15 is 0 Å². The van der Waals surface area contributed by atoms with Crippen LogP contribution in [0.25, 0.3) is 0 Å². The largest absolute Gasteiger partial charge is 0.493 e. The Bertz CT molecular complexity index is 432. The zero-order valence-corrected chi connectivity index (χ0v) is 12.7. The Morgan fingerprint density at radius 3 is 2.57 bits per heavy atom. The lowest BCUT2D eigenvalue weighted by Crippen LogP contribution is -2.08. The Kier molecular flexibility index (Phi) is 8.23. The Morgan fingerprint density at radius 1 is 1.10 bits per heavy atom. The molecule has 0 aliphatic rings. The van der Waals surface area contributed by atoms with Gasteiger partial charge in [-0.15, -0.1) is 0 Å². The summed E-state index contributed by atoms with van der Waals surface area (Å²) >= 11 is 0. The van der Waals surface area contributed by atoms with Crippen molar-refractivity contribution in [2.75, 3.05) is 40.8 Å². The fourth-order valence-electron chi connectivity index (χ4n) is 1.61. The summed E-state index contributed by atoms with van der Waals surface area (Å²) in [6.07, 6.45) is 0.626. The molecule has 6 heteroatoms. The van der Waals surface area contributed by atoms with Gasteiger partial charge in [-0.05, 0) is 17.7 Å². The highest BCUT2D eigenvalue weighted by molar-refractivity contribution is 5.65. The van der Waals surface area contributed by atoms with Crippen molar-refractivity contribution >= 4 is 5.97 Å². The Balaban J connectivity index is 2.47. The Morgan fingerprint density at radius 2 is 1.90 bits per heavy atom. The van der Waals surface area contributed by atoms with Crippen LogP contribution < -0.4 is 9.47 Å². The molecule has 0 atom stereocenters. The molecule has 0 heterocycles. The lowest BCUT2D eigenvalue weighted by atomic mass is 10.1. The van der Waals surface area contributed by atoms with Crippen molar-refractivity contribution in [3.05, 3.63) is 23.8 Å². The lowest BCUT2D eigenvalue weighted by molar-refractivity contribution is -0.140. The number of rotatable bonds is 10. The predicted octanol–water partition coefficient (Wildman–Crippen LogP) is 1.80. The van der Waals surface area contributed by atoms with E-state index in [0.29, 0.717) is 37.7 Å². The van der Waals surface area contributed by atoms with Crippen LogP contribution in [0.2, 0.25) is 0 Å². The zero-order valence-electron chi connectivity index (χ0n) is 12.7. The number of esters is 1. The van der Waals surface area contributed by atoms with Crippen molar-refractivity contribution in [1.82, 2.24) is 0 Å². The molecule has 0 aliphatic carbocycles. The first-order chi connectivity index (χ1) is 10.2. The number of hydrogen-bond acceptors (Lipinski definition) is 6. The summed E-state index contributed by atoms with van der Waals surface area (Å²) in [7, 11) is 3.19. The SMILES string of the molecule is COCCOCOc1ccc(CCOC(C)=O)cc1OC. The van der Waals surface area contributed by atoms with Crippen LogP contribution in [0.1, 0.15) is 12.5 Å². The van der Waals surface area contributed by atoms with Gasteiger partial charge in [-0.2, -0.15) is 0 Å². The van der Waals surface area contributed by atoms with Gasteiger partial charge in [0.25, 0.3) is 0 Å². The molecule has 0 unspecified atom stereocenters. The van der Waals surface area contributed by atoms with E-state index in [0.717, 1.165) is 5.56 Å². The van der Waals surface area contributed by atoms with Crippen molar-refractivity contribution in [3.8, 4) is 11.5 Å². The normalized spacial score (nSPS) is 10.2. The minimum absolute atomic E-state index is 0.131. The minimum Gasteiger partial charge on any atom is -0.493 e. The highest BCUT2D eigenvalue weighted by Gasteiger charge is 2.06. The molecule has 1 aromatic rings. The van der Waals surface area contributed by atoms with Crippen LogP contribution in [-0.4, -0.2) is 46.8 Å². The number of methoxy groups -OCH3 is 2. The van der Waals surface area contributed by atoms with Crippen molar-refractivity contribution < 1.29 is 28.5 Å². The lowest BCUT2D eigenvalue weighted by Gasteiger charge is -2.12. The summed E-state index contributed by atoms with van der Waals surface area (Å²) in [5, 5.41) is 0. The average Bonchev–Trinajstić information content (AvgIpc) is 2.47. The van der Waals surface area contributed by atoms with Gasteiger partial charge in [0.1, 0.15) is 0 Å². The van der Waals surface area contributed by atoms with Crippen LogP contribution in [0.15, 0.2) is 18.2 Å². The van der Waals surface area contributed by atoms with Crippen molar-refractivity contribution in [3.63, 3.8) is 0 Å². The molecule has 0 radical (unpaired) electrons. The molecule has 0 saturated heterocycles. The number of hydrogen-bond donors (Lipinski definition) is 0. The second kappa shape index (κ2) is 10.0. The van der Waals surface area contributed by atoms with Gasteiger partial charge in [0.15, 0.2) is 18.3 Å². The predicted molar refractivity (Wildman–Crippen MR) is 76.7 cm³/mol. The first kappa shape index (κ1) is 17.3. The van der Waals surface area contributed by atoms with E-state index < -0.39 is 0 Å². The Labute approximate surface area is 124 Å². The topological polar surface area (TPSA) is 63.2 Å². The van der Waals surface area contributed by atoms with E-state index in [-0.39, 0.29) is 12.8 Å².